The first kappa shape index (κ1) is 24.8. The summed E-state index contributed by atoms with van der Waals surface area (Å²) >= 11 is 0. The van der Waals surface area contributed by atoms with Crippen LogP contribution in [0.3, 0.4) is 0 Å². The maximum absolute atomic E-state index is 13.2. The molecular weight excluding hydrogens is 444 g/mol. The Balaban J connectivity index is 1.37. The summed E-state index contributed by atoms with van der Waals surface area (Å²) < 4.78 is 5.63. The fourth-order valence-corrected chi connectivity index (χ4v) is 5.54. The minimum Gasteiger partial charge on any atom is -0.481 e. The van der Waals surface area contributed by atoms with Crippen LogP contribution in [0, 0.1) is 11.3 Å². The van der Waals surface area contributed by atoms with Gasteiger partial charge in [-0.05, 0) is 47.9 Å². The minimum atomic E-state index is -0.872. The third-order valence-electron chi connectivity index (χ3n) is 7.90. The summed E-state index contributed by atoms with van der Waals surface area (Å²) in [5.41, 5.74) is 3.79. The lowest BCUT2D eigenvalue weighted by molar-refractivity contribution is -0.142. The number of carbonyl (C=O) groups excluding carboxylic acids is 2. The minimum absolute atomic E-state index is 0.0334. The van der Waals surface area contributed by atoms with Crippen molar-refractivity contribution in [1.29, 1.82) is 0 Å². The van der Waals surface area contributed by atoms with Crippen LogP contribution >= 0.6 is 0 Å². The lowest BCUT2D eigenvalue weighted by Gasteiger charge is -2.32. The van der Waals surface area contributed by atoms with Crippen LogP contribution in [-0.2, 0) is 14.3 Å². The van der Waals surface area contributed by atoms with Gasteiger partial charge >= 0.3 is 12.1 Å². The van der Waals surface area contributed by atoms with Crippen molar-refractivity contribution in [2.24, 2.45) is 11.3 Å². The molecule has 0 aromatic heterocycles. The molecule has 2 aliphatic carbocycles. The van der Waals surface area contributed by atoms with Crippen molar-refractivity contribution >= 4 is 18.0 Å². The van der Waals surface area contributed by atoms with Crippen LogP contribution in [0.5, 0.6) is 0 Å². The third-order valence-corrected chi connectivity index (χ3v) is 7.90. The van der Waals surface area contributed by atoms with E-state index >= 15 is 0 Å². The van der Waals surface area contributed by atoms with Gasteiger partial charge in [0.25, 0.3) is 0 Å². The Morgan fingerprint density at radius 2 is 1.57 bits per heavy atom. The van der Waals surface area contributed by atoms with Crippen molar-refractivity contribution in [3.05, 3.63) is 59.7 Å². The van der Waals surface area contributed by atoms with Crippen LogP contribution in [0.1, 0.15) is 63.0 Å². The molecule has 0 heterocycles. The zero-order valence-electron chi connectivity index (χ0n) is 20.4. The molecule has 2 amide bonds. The van der Waals surface area contributed by atoms with E-state index in [0.29, 0.717) is 25.7 Å². The smallest absolute Gasteiger partial charge is 0.407 e. The topological polar surface area (TPSA) is 105 Å². The van der Waals surface area contributed by atoms with E-state index in [1.165, 1.54) is 0 Å². The summed E-state index contributed by atoms with van der Waals surface area (Å²) in [6.45, 7) is 4.16. The van der Waals surface area contributed by atoms with E-state index in [9.17, 15) is 19.5 Å². The number of benzene rings is 2. The van der Waals surface area contributed by atoms with Gasteiger partial charge in [-0.25, -0.2) is 4.79 Å². The highest BCUT2D eigenvalue weighted by atomic mass is 16.5. The van der Waals surface area contributed by atoms with Gasteiger partial charge in [0.2, 0.25) is 5.91 Å². The molecule has 2 aliphatic rings. The average molecular weight is 479 g/mol. The number of carbonyl (C=O) groups is 3. The van der Waals surface area contributed by atoms with Gasteiger partial charge in [0.15, 0.2) is 0 Å². The fraction of sp³-hybridized carbons (Fsp3) is 0.464. The lowest BCUT2D eigenvalue weighted by Crippen LogP contribution is -2.52. The molecule has 2 aromatic carbocycles. The molecule has 0 spiro atoms. The molecule has 2 atom stereocenters. The van der Waals surface area contributed by atoms with Crippen molar-refractivity contribution < 1.29 is 24.2 Å². The molecule has 0 radical (unpaired) electrons. The Morgan fingerprint density at radius 3 is 2.14 bits per heavy atom. The normalized spacial score (nSPS) is 19.0. The number of aliphatic carboxylic acids is 1. The Labute approximate surface area is 206 Å². The van der Waals surface area contributed by atoms with Gasteiger partial charge in [-0.3, -0.25) is 9.59 Å². The highest BCUT2D eigenvalue weighted by Crippen LogP contribution is 2.44. The van der Waals surface area contributed by atoms with Gasteiger partial charge in [-0.15, -0.1) is 0 Å². The molecule has 0 bridgehead atoms. The van der Waals surface area contributed by atoms with Crippen LogP contribution in [0.25, 0.3) is 11.1 Å². The second-order valence-corrected chi connectivity index (χ2v) is 9.62. The molecule has 3 N–H and O–H groups in total. The van der Waals surface area contributed by atoms with Crippen LogP contribution < -0.4 is 10.6 Å². The third kappa shape index (κ3) is 4.90. The Hall–Kier alpha value is -3.35. The largest absolute Gasteiger partial charge is 0.481 e. The van der Waals surface area contributed by atoms with Crippen LogP contribution in [-0.4, -0.2) is 42.3 Å². The monoisotopic (exact) mass is 478 g/mol. The molecule has 0 unspecified atom stereocenters. The summed E-state index contributed by atoms with van der Waals surface area (Å²) in [5.74, 6) is -1.67. The first-order valence-corrected chi connectivity index (χ1v) is 12.5. The van der Waals surface area contributed by atoms with Crippen LogP contribution in [0.4, 0.5) is 4.79 Å². The maximum Gasteiger partial charge on any atom is 0.407 e. The second-order valence-electron chi connectivity index (χ2n) is 9.62. The number of ether oxygens (including phenoxy) is 1. The van der Waals surface area contributed by atoms with E-state index in [1.54, 1.807) is 0 Å². The SMILES string of the molecule is CCC(CC)(CNC(=O)OCC1c2ccccc2-c2ccccc21)C(=O)N[C@@H]1CCC[C@@H]1C(=O)O. The van der Waals surface area contributed by atoms with Crippen molar-refractivity contribution in [1.82, 2.24) is 10.6 Å². The zero-order chi connectivity index (χ0) is 25.0. The Kier molecular flexibility index (Phi) is 7.43. The van der Waals surface area contributed by atoms with E-state index in [4.69, 9.17) is 4.74 Å². The number of alkyl carbamates (subject to hydrolysis) is 1. The summed E-state index contributed by atoms with van der Waals surface area (Å²) in [5, 5.41) is 15.2. The van der Waals surface area contributed by atoms with E-state index in [-0.39, 0.29) is 31.0 Å². The van der Waals surface area contributed by atoms with Crippen molar-refractivity contribution in [3.63, 3.8) is 0 Å². The van der Waals surface area contributed by atoms with Gasteiger partial charge < -0.3 is 20.5 Å². The predicted octanol–water partition coefficient (Wildman–Crippen LogP) is 4.70. The molecule has 7 nitrogen and oxygen atoms in total. The van der Waals surface area contributed by atoms with E-state index in [2.05, 4.69) is 34.9 Å². The molecule has 1 fully saturated rings. The number of fused-ring (bicyclic) bond motifs is 3. The highest BCUT2D eigenvalue weighted by molar-refractivity contribution is 5.85. The number of hydrogen-bond acceptors (Lipinski definition) is 4. The lowest BCUT2D eigenvalue weighted by atomic mass is 9.80. The van der Waals surface area contributed by atoms with Crippen LogP contribution in [0.15, 0.2) is 48.5 Å². The number of rotatable bonds is 9. The first-order valence-electron chi connectivity index (χ1n) is 12.5. The number of carboxylic acids is 1. The number of carboxylic acid groups (broad SMARTS) is 1. The average Bonchev–Trinajstić information content (AvgIpc) is 3.46. The summed E-state index contributed by atoms with van der Waals surface area (Å²) in [4.78, 5) is 37.4. The number of nitrogens with one attached hydrogen (secondary N) is 2. The quantitative estimate of drug-likeness (QED) is 0.485. The molecule has 1 saturated carbocycles. The fourth-order valence-electron chi connectivity index (χ4n) is 5.54. The summed E-state index contributed by atoms with van der Waals surface area (Å²) in [7, 11) is 0. The van der Waals surface area contributed by atoms with Gasteiger partial charge in [-0.1, -0.05) is 68.8 Å². The molecular formula is C28H34N2O5. The summed E-state index contributed by atoms with van der Waals surface area (Å²) in [6, 6.07) is 15.9. The van der Waals surface area contributed by atoms with E-state index < -0.39 is 23.4 Å². The summed E-state index contributed by atoms with van der Waals surface area (Å²) in [6.07, 6.45) is 2.49. The molecule has 2 aromatic rings. The number of hydrogen-bond donors (Lipinski definition) is 3. The molecule has 0 aliphatic heterocycles. The molecule has 186 valence electrons. The Morgan fingerprint density at radius 1 is 0.971 bits per heavy atom. The van der Waals surface area contributed by atoms with Crippen molar-refractivity contribution in [3.8, 4) is 11.1 Å². The highest BCUT2D eigenvalue weighted by Gasteiger charge is 2.40. The van der Waals surface area contributed by atoms with Crippen molar-refractivity contribution in [2.45, 2.75) is 57.9 Å². The molecule has 7 heteroatoms. The van der Waals surface area contributed by atoms with Gasteiger partial charge in [0.1, 0.15) is 6.61 Å². The molecule has 4 rings (SSSR count). The predicted molar refractivity (Wildman–Crippen MR) is 133 cm³/mol. The molecule has 35 heavy (non-hydrogen) atoms. The zero-order valence-corrected chi connectivity index (χ0v) is 20.4. The second kappa shape index (κ2) is 10.5. The number of amides is 2. The van der Waals surface area contributed by atoms with Gasteiger partial charge in [0, 0.05) is 18.5 Å². The van der Waals surface area contributed by atoms with Crippen LogP contribution in [0.2, 0.25) is 0 Å². The maximum atomic E-state index is 13.2. The van der Waals surface area contributed by atoms with Crippen molar-refractivity contribution in [2.75, 3.05) is 13.2 Å². The first-order chi connectivity index (χ1) is 16.9. The van der Waals surface area contributed by atoms with E-state index in [1.807, 2.05) is 38.1 Å². The molecule has 0 saturated heterocycles. The standard InChI is InChI=1S/C28H34N2O5/c1-3-28(4-2,26(33)30-24-15-9-14-22(24)25(31)32)17-29-27(34)35-16-23-20-12-7-5-10-18(20)19-11-6-8-13-21(19)23/h5-8,10-13,22-24H,3-4,9,14-17H2,1-2H3,(H,29,34)(H,30,33)(H,31,32)/t22-,24+/m0/s1. The Bertz CT molecular complexity index is 1050. The van der Waals surface area contributed by atoms with E-state index in [0.717, 1.165) is 28.7 Å². The van der Waals surface area contributed by atoms with Gasteiger partial charge in [0.05, 0.1) is 11.3 Å². The van der Waals surface area contributed by atoms with Gasteiger partial charge in [-0.2, -0.15) is 0 Å².